The van der Waals surface area contributed by atoms with E-state index in [0.29, 0.717) is 23.1 Å². The molecule has 5 heteroatoms. The van der Waals surface area contributed by atoms with Crippen molar-refractivity contribution in [3.63, 3.8) is 0 Å². The monoisotopic (exact) mass is 303 g/mol. The van der Waals surface area contributed by atoms with Crippen LogP contribution in [-0.4, -0.2) is 12.5 Å². The van der Waals surface area contributed by atoms with Crippen LogP contribution in [0.4, 0.5) is 10.1 Å². The second-order valence-electron chi connectivity index (χ2n) is 5.06. The predicted molar refractivity (Wildman–Crippen MR) is 84.3 cm³/mol. The highest BCUT2D eigenvalue weighted by Gasteiger charge is 2.31. The Morgan fingerprint density at radius 1 is 1.29 bits per heavy atom. The number of aryl methyl sites for hydroxylation is 1. The lowest BCUT2D eigenvalue weighted by atomic mass is 10.0. The second kappa shape index (κ2) is 5.37. The Morgan fingerprint density at radius 3 is 2.81 bits per heavy atom. The molecule has 0 aliphatic carbocycles. The maximum absolute atomic E-state index is 14.2. The van der Waals surface area contributed by atoms with E-state index in [1.165, 1.54) is 6.07 Å². The molecule has 2 aromatic rings. The summed E-state index contributed by atoms with van der Waals surface area (Å²) < 4.78 is 14.2. The highest BCUT2D eigenvalue weighted by atomic mass is 35.5. The van der Waals surface area contributed by atoms with Gasteiger partial charge in [0.1, 0.15) is 5.82 Å². The maximum Gasteiger partial charge on any atom is 0.196 e. The summed E-state index contributed by atoms with van der Waals surface area (Å²) in [6, 6.07) is 12.1. The van der Waals surface area contributed by atoms with Crippen LogP contribution < -0.4 is 10.6 Å². The van der Waals surface area contributed by atoms with Crippen molar-refractivity contribution in [1.82, 2.24) is 0 Å². The Bertz CT molecular complexity index is 714. The van der Waals surface area contributed by atoms with E-state index in [9.17, 15) is 4.39 Å². The van der Waals surface area contributed by atoms with E-state index in [2.05, 4.69) is 4.99 Å². The quantitative estimate of drug-likeness (QED) is 0.920. The molecule has 0 amide bonds. The summed E-state index contributed by atoms with van der Waals surface area (Å²) in [5.41, 5.74) is 8.31. The Morgan fingerprint density at radius 2 is 2.05 bits per heavy atom. The van der Waals surface area contributed by atoms with Gasteiger partial charge in [-0.25, -0.2) is 4.39 Å². The third kappa shape index (κ3) is 2.47. The number of nitrogens with zero attached hydrogens (tertiary/aromatic N) is 2. The highest BCUT2D eigenvalue weighted by Crippen LogP contribution is 2.36. The number of benzene rings is 2. The third-order valence-electron chi connectivity index (χ3n) is 3.61. The van der Waals surface area contributed by atoms with E-state index >= 15 is 0 Å². The van der Waals surface area contributed by atoms with Gasteiger partial charge in [0.05, 0.1) is 23.3 Å². The predicted octanol–water partition coefficient (Wildman–Crippen LogP) is 3.66. The number of aliphatic imine (C=N–C) groups is 1. The van der Waals surface area contributed by atoms with E-state index < -0.39 is 0 Å². The van der Waals surface area contributed by atoms with E-state index in [-0.39, 0.29) is 11.9 Å². The van der Waals surface area contributed by atoms with E-state index in [0.717, 1.165) is 11.3 Å². The van der Waals surface area contributed by atoms with E-state index in [1.807, 2.05) is 31.2 Å². The van der Waals surface area contributed by atoms with Crippen LogP contribution in [-0.2, 0) is 0 Å². The SMILES string of the molecule is Cc1ccc(F)c(C2CN=C(N)N2c2ccccc2Cl)c1. The van der Waals surface area contributed by atoms with Gasteiger partial charge >= 0.3 is 0 Å². The maximum atomic E-state index is 14.2. The molecule has 1 unspecified atom stereocenters. The first-order chi connectivity index (χ1) is 10.1. The van der Waals surface area contributed by atoms with Gasteiger partial charge in [-0.3, -0.25) is 4.99 Å². The number of anilines is 1. The van der Waals surface area contributed by atoms with Crippen molar-refractivity contribution in [3.05, 3.63) is 64.4 Å². The number of hydrogen-bond donors (Lipinski definition) is 1. The average Bonchev–Trinajstić information content (AvgIpc) is 2.84. The van der Waals surface area contributed by atoms with Crippen molar-refractivity contribution >= 4 is 23.2 Å². The smallest absolute Gasteiger partial charge is 0.196 e. The number of rotatable bonds is 2. The fraction of sp³-hybridized carbons (Fsp3) is 0.188. The normalized spacial score (nSPS) is 18.0. The second-order valence-corrected chi connectivity index (χ2v) is 5.47. The minimum atomic E-state index is -0.273. The molecule has 0 spiro atoms. The summed E-state index contributed by atoms with van der Waals surface area (Å²) in [4.78, 5) is 6.05. The van der Waals surface area contributed by atoms with Crippen LogP contribution in [0.2, 0.25) is 5.02 Å². The minimum Gasteiger partial charge on any atom is -0.369 e. The van der Waals surface area contributed by atoms with Crippen LogP contribution in [0, 0.1) is 12.7 Å². The topological polar surface area (TPSA) is 41.6 Å². The number of halogens is 2. The fourth-order valence-electron chi connectivity index (χ4n) is 2.59. The molecule has 1 atom stereocenters. The first-order valence-corrected chi connectivity index (χ1v) is 7.05. The Hall–Kier alpha value is -2.07. The summed E-state index contributed by atoms with van der Waals surface area (Å²) >= 11 is 6.25. The van der Waals surface area contributed by atoms with Crippen LogP contribution in [0.1, 0.15) is 17.2 Å². The number of hydrogen-bond acceptors (Lipinski definition) is 3. The lowest BCUT2D eigenvalue weighted by Gasteiger charge is -2.27. The fourth-order valence-corrected chi connectivity index (χ4v) is 2.82. The number of para-hydroxylation sites is 1. The number of guanidine groups is 1. The van der Waals surface area contributed by atoms with Crippen LogP contribution >= 0.6 is 11.6 Å². The van der Waals surface area contributed by atoms with Gasteiger partial charge in [-0.1, -0.05) is 41.4 Å². The molecule has 2 N–H and O–H groups in total. The van der Waals surface area contributed by atoms with Gasteiger partial charge in [-0.15, -0.1) is 0 Å². The van der Waals surface area contributed by atoms with Gasteiger partial charge in [0, 0.05) is 5.56 Å². The largest absolute Gasteiger partial charge is 0.369 e. The van der Waals surface area contributed by atoms with Crippen LogP contribution in [0.3, 0.4) is 0 Å². The molecule has 108 valence electrons. The Labute approximate surface area is 127 Å². The minimum absolute atomic E-state index is 0.257. The molecule has 3 nitrogen and oxygen atoms in total. The Balaban J connectivity index is 2.07. The van der Waals surface area contributed by atoms with Crippen molar-refractivity contribution in [3.8, 4) is 0 Å². The summed E-state index contributed by atoms with van der Waals surface area (Å²) in [6.07, 6.45) is 0. The van der Waals surface area contributed by atoms with Gasteiger partial charge in [0.15, 0.2) is 5.96 Å². The van der Waals surface area contributed by atoms with Crippen LogP contribution in [0.5, 0.6) is 0 Å². The molecular formula is C16H15ClFN3. The van der Waals surface area contributed by atoms with Crippen molar-refractivity contribution < 1.29 is 4.39 Å². The van der Waals surface area contributed by atoms with E-state index in [4.69, 9.17) is 17.3 Å². The van der Waals surface area contributed by atoms with Crippen molar-refractivity contribution in [2.24, 2.45) is 10.7 Å². The molecule has 0 radical (unpaired) electrons. The van der Waals surface area contributed by atoms with Crippen molar-refractivity contribution in [2.45, 2.75) is 13.0 Å². The molecular weight excluding hydrogens is 289 g/mol. The zero-order chi connectivity index (χ0) is 15.0. The molecule has 0 saturated heterocycles. The van der Waals surface area contributed by atoms with Gasteiger partial charge in [0.25, 0.3) is 0 Å². The standard InChI is InChI=1S/C16H15ClFN3/c1-10-6-7-13(18)11(8-10)15-9-20-16(19)21(15)14-5-3-2-4-12(14)17/h2-8,15H,9H2,1H3,(H2,19,20). The summed E-state index contributed by atoms with van der Waals surface area (Å²) in [6.45, 7) is 2.35. The molecule has 0 bridgehead atoms. The molecule has 3 rings (SSSR count). The number of nitrogens with two attached hydrogens (primary N) is 1. The molecule has 1 heterocycles. The lowest BCUT2D eigenvalue weighted by molar-refractivity contribution is 0.589. The van der Waals surface area contributed by atoms with Gasteiger partial charge in [-0.05, 0) is 25.1 Å². The summed E-state index contributed by atoms with van der Waals surface area (Å²) in [5, 5.41) is 0.565. The first kappa shape index (κ1) is 13.9. The van der Waals surface area contributed by atoms with Crippen molar-refractivity contribution in [1.29, 1.82) is 0 Å². The van der Waals surface area contributed by atoms with Gasteiger partial charge in [0.2, 0.25) is 0 Å². The zero-order valence-corrected chi connectivity index (χ0v) is 12.3. The Kier molecular flexibility index (Phi) is 3.55. The van der Waals surface area contributed by atoms with Crippen LogP contribution in [0.15, 0.2) is 47.5 Å². The van der Waals surface area contributed by atoms with Crippen LogP contribution in [0.25, 0.3) is 0 Å². The highest BCUT2D eigenvalue weighted by molar-refractivity contribution is 6.33. The van der Waals surface area contributed by atoms with Gasteiger partial charge in [-0.2, -0.15) is 0 Å². The third-order valence-corrected chi connectivity index (χ3v) is 3.93. The molecule has 2 aromatic carbocycles. The molecule has 0 saturated carbocycles. The summed E-state index contributed by atoms with van der Waals surface area (Å²) in [7, 11) is 0. The summed E-state index contributed by atoms with van der Waals surface area (Å²) in [5.74, 6) is 0.0987. The van der Waals surface area contributed by atoms with Crippen molar-refractivity contribution in [2.75, 3.05) is 11.4 Å². The van der Waals surface area contributed by atoms with Gasteiger partial charge < -0.3 is 10.6 Å². The molecule has 1 aliphatic rings. The molecule has 0 aromatic heterocycles. The molecule has 1 aliphatic heterocycles. The molecule has 0 fully saturated rings. The van der Waals surface area contributed by atoms with E-state index in [1.54, 1.807) is 17.0 Å². The molecule has 21 heavy (non-hydrogen) atoms. The zero-order valence-electron chi connectivity index (χ0n) is 11.6. The first-order valence-electron chi connectivity index (χ1n) is 6.67. The average molecular weight is 304 g/mol. The lowest BCUT2D eigenvalue weighted by Crippen LogP contribution is -2.36.